The van der Waals surface area contributed by atoms with Crippen LogP contribution in [0.3, 0.4) is 0 Å². The Labute approximate surface area is 127 Å². The first-order chi connectivity index (χ1) is 9.99. The van der Waals surface area contributed by atoms with Gasteiger partial charge in [0.25, 0.3) is 0 Å². The van der Waals surface area contributed by atoms with Crippen LogP contribution in [0.2, 0.25) is 0 Å². The Hall–Kier alpha value is -1.71. The minimum atomic E-state index is 0.192. The highest BCUT2D eigenvalue weighted by atomic mass is 15.2. The van der Waals surface area contributed by atoms with Crippen LogP contribution in [0, 0.1) is 0 Å². The minimum absolute atomic E-state index is 0.192. The highest BCUT2D eigenvalue weighted by molar-refractivity contribution is 5.28. The smallest absolute Gasteiger partial charge is 0.0419 e. The molecule has 3 nitrogen and oxygen atoms in total. The molecule has 2 aromatic rings. The lowest BCUT2D eigenvalue weighted by Crippen LogP contribution is -2.38. The number of benzene rings is 1. The largest absolute Gasteiger partial charge is 0.271 e. The van der Waals surface area contributed by atoms with Crippen molar-refractivity contribution in [1.29, 1.82) is 0 Å². The number of hydrogen-bond acceptors (Lipinski definition) is 3. The van der Waals surface area contributed by atoms with E-state index in [-0.39, 0.29) is 11.5 Å². The first-order valence-corrected chi connectivity index (χ1v) is 7.44. The summed E-state index contributed by atoms with van der Waals surface area (Å²) in [6, 6.07) is 15.0. The molecular formula is C18H25N3. The molecule has 3 N–H and O–H groups in total. The molecule has 0 radical (unpaired) electrons. The van der Waals surface area contributed by atoms with Crippen LogP contribution in [0.15, 0.2) is 48.7 Å². The van der Waals surface area contributed by atoms with Crippen LogP contribution in [-0.2, 0) is 18.3 Å². The number of nitrogens with two attached hydrogens (primary N) is 1. The van der Waals surface area contributed by atoms with E-state index in [1.165, 1.54) is 11.1 Å². The van der Waals surface area contributed by atoms with Crippen molar-refractivity contribution in [3.63, 3.8) is 0 Å². The molecule has 0 saturated heterocycles. The number of hydrogen-bond donors (Lipinski definition) is 2. The molecule has 0 saturated carbocycles. The first kappa shape index (κ1) is 15.7. The molecular weight excluding hydrogens is 258 g/mol. The zero-order valence-electron chi connectivity index (χ0n) is 13.1. The van der Waals surface area contributed by atoms with E-state index < -0.39 is 0 Å². The summed E-state index contributed by atoms with van der Waals surface area (Å²) in [5.74, 6) is 5.69. The summed E-state index contributed by atoms with van der Waals surface area (Å²) < 4.78 is 0. The van der Waals surface area contributed by atoms with Crippen molar-refractivity contribution in [3.8, 4) is 0 Å². The third-order valence-corrected chi connectivity index (χ3v) is 3.72. The molecule has 0 amide bonds. The van der Waals surface area contributed by atoms with Crippen molar-refractivity contribution < 1.29 is 0 Å². The summed E-state index contributed by atoms with van der Waals surface area (Å²) in [5.41, 5.74) is 6.81. The Morgan fingerprint density at radius 2 is 1.76 bits per heavy atom. The van der Waals surface area contributed by atoms with E-state index in [2.05, 4.69) is 55.4 Å². The lowest BCUT2D eigenvalue weighted by molar-refractivity contribution is 0.517. The maximum Gasteiger partial charge on any atom is 0.0419 e. The van der Waals surface area contributed by atoms with Gasteiger partial charge in [-0.2, -0.15) is 0 Å². The molecule has 0 spiro atoms. The molecule has 0 fully saturated rings. The number of nitrogens with zero attached hydrogens (tertiary/aromatic N) is 1. The maximum atomic E-state index is 5.69. The van der Waals surface area contributed by atoms with Crippen LogP contribution in [0.1, 0.15) is 37.6 Å². The monoisotopic (exact) mass is 283 g/mol. The lowest BCUT2D eigenvalue weighted by Gasteiger charge is -2.20. The van der Waals surface area contributed by atoms with Crippen LogP contribution in [0.25, 0.3) is 0 Å². The van der Waals surface area contributed by atoms with Gasteiger partial charge in [0.2, 0.25) is 0 Å². The van der Waals surface area contributed by atoms with Gasteiger partial charge in [0, 0.05) is 24.4 Å². The van der Waals surface area contributed by atoms with Crippen molar-refractivity contribution in [3.05, 3.63) is 65.5 Å². The fourth-order valence-corrected chi connectivity index (χ4v) is 2.39. The van der Waals surface area contributed by atoms with Gasteiger partial charge in [-0.1, -0.05) is 51.1 Å². The maximum absolute atomic E-state index is 5.69. The number of pyridine rings is 1. The predicted octanol–water partition coefficient (Wildman–Crippen LogP) is 3.00. The second-order valence-electron chi connectivity index (χ2n) is 6.54. The Bertz CT molecular complexity index is 541. The first-order valence-electron chi connectivity index (χ1n) is 7.44. The van der Waals surface area contributed by atoms with E-state index in [1.54, 1.807) is 0 Å². The van der Waals surface area contributed by atoms with E-state index in [4.69, 9.17) is 5.84 Å². The average Bonchev–Trinajstić information content (AvgIpc) is 2.47. The number of hydrazine groups is 1. The number of nitrogens with one attached hydrogen (secondary N) is 1. The zero-order valence-corrected chi connectivity index (χ0v) is 13.1. The Balaban J connectivity index is 2.02. The molecule has 0 aliphatic heterocycles. The summed E-state index contributed by atoms with van der Waals surface area (Å²) in [4.78, 5) is 4.36. The molecule has 2 rings (SSSR count). The zero-order chi connectivity index (χ0) is 15.3. The molecule has 1 aromatic carbocycles. The second-order valence-corrected chi connectivity index (χ2v) is 6.54. The van der Waals surface area contributed by atoms with Gasteiger partial charge in [-0.3, -0.25) is 16.3 Å². The molecule has 0 aliphatic carbocycles. The molecule has 1 heterocycles. The molecule has 3 heteroatoms. The summed E-state index contributed by atoms with van der Waals surface area (Å²) in [6.07, 6.45) is 3.55. The van der Waals surface area contributed by atoms with E-state index in [1.807, 2.05) is 24.4 Å². The standard InChI is InChI=1S/C18H25N3/c1-18(2,3)15-9-7-14(8-10-15)12-17(21-19)13-16-6-4-5-11-20-16/h4-11,17,21H,12-13,19H2,1-3H3. The van der Waals surface area contributed by atoms with Gasteiger partial charge >= 0.3 is 0 Å². The third-order valence-electron chi connectivity index (χ3n) is 3.72. The molecule has 1 atom stereocenters. The third kappa shape index (κ3) is 4.66. The Kier molecular flexibility index (Phi) is 5.10. The van der Waals surface area contributed by atoms with Crippen LogP contribution < -0.4 is 11.3 Å². The molecule has 0 bridgehead atoms. The van der Waals surface area contributed by atoms with E-state index in [0.717, 1.165) is 18.5 Å². The summed E-state index contributed by atoms with van der Waals surface area (Å²) >= 11 is 0. The second kappa shape index (κ2) is 6.83. The van der Waals surface area contributed by atoms with E-state index in [9.17, 15) is 0 Å². The fraction of sp³-hybridized carbons (Fsp3) is 0.389. The van der Waals surface area contributed by atoms with Crippen LogP contribution in [0.4, 0.5) is 0 Å². The summed E-state index contributed by atoms with van der Waals surface area (Å²) in [7, 11) is 0. The van der Waals surface area contributed by atoms with Gasteiger partial charge in [-0.05, 0) is 35.1 Å². The highest BCUT2D eigenvalue weighted by Gasteiger charge is 2.14. The van der Waals surface area contributed by atoms with Crippen LogP contribution in [-0.4, -0.2) is 11.0 Å². The molecule has 1 unspecified atom stereocenters. The van der Waals surface area contributed by atoms with Crippen LogP contribution in [0.5, 0.6) is 0 Å². The van der Waals surface area contributed by atoms with Crippen molar-refractivity contribution in [2.45, 2.75) is 45.1 Å². The molecule has 112 valence electrons. The topological polar surface area (TPSA) is 50.9 Å². The van der Waals surface area contributed by atoms with Crippen molar-refractivity contribution in [2.75, 3.05) is 0 Å². The number of aromatic nitrogens is 1. The van der Waals surface area contributed by atoms with Gasteiger partial charge in [0.1, 0.15) is 0 Å². The van der Waals surface area contributed by atoms with Gasteiger partial charge in [-0.15, -0.1) is 0 Å². The van der Waals surface area contributed by atoms with Gasteiger partial charge in [0.15, 0.2) is 0 Å². The number of rotatable bonds is 5. The van der Waals surface area contributed by atoms with Crippen molar-refractivity contribution in [1.82, 2.24) is 10.4 Å². The predicted molar refractivity (Wildman–Crippen MR) is 87.9 cm³/mol. The fourth-order valence-electron chi connectivity index (χ4n) is 2.39. The van der Waals surface area contributed by atoms with Gasteiger partial charge in [-0.25, -0.2) is 0 Å². The highest BCUT2D eigenvalue weighted by Crippen LogP contribution is 2.22. The van der Waals surface area contributed by atoms with Crippen molar-refractivity contribution in [2.24, 2.45) is 5.84 Å². The quantitative estimate of drug-likeness (QED) is 0.655. The van der Waals surface area contributed by atoms with Gasteiger partial charge < -0.3 is 0 Å². The van der Waals surface area contributed by atoms with Crippen molar-refractivity contribution >= 4 is 0 Å². The summed E-state index contributed by atoms with van der Waals surface area (Å²) in [6.45, 7) is 6.69. The van der Waals surface area contributed by atoms with E-state index >= 15 is 0 Å². The molecule has 21 heavy (non-hydrogen) atoms. The van der Waals surface area contributed by atoms with Crippen LogP contribution >= 0.6 is 0 Å². The Morgan fingerprint density at radius 1 is 1.05 bits per heavy atom. The normalized spacial score (nSPS) is 13.1. The Morgan fingerprint density at radius 3 is 2.29 bits per heavy atom. The minimum Gasteiger partial charge on any atom is -0.271 e. The summed E-state index contributed by atoms with van der Waals surface area (Å²) in [5, 5.41) is 0. The van der Waals surface area contributed by atoms with E-state index in [0.29, 0.717) is 0 Å². The van der Waals surface area contributed by atoms with Gasteiger partial charge in [0.05, 0.1) is 0 Å². The SMILES string of the molecule is CC(C)(C)c1ccc(CC(Cc2ccccn2)NN)cc1. The molecule has 1 aromatic heterocycles. The molecule has 0 aliphatic rings. The lowest BCUT2D eigenvalue weighted by atomic mass is 9.86. The average molecular weight is 283 g/mol.